The Labute approximate surface area is 154 Å². The molecular weight excluding hydrogens is 324 g/mol. The molecule has 0 amide bonds. The number of para-hydroxylation sites is 1. The van der Waals surface area contributed by atoms with E-state index in [1.165, 1.54) is 18.4 Å². The molecule has 1 atom stereocenters. The second-order valence-corrected chi connectivity index (χ2v) is 6.97. The van der Waals surface area contributed by atoms with Crippen LogP contribution in [-0.2, 0) is 6.54 Å². The zero-order chi connectivity index (χ0) is 17.8. The summed E-state index contributed by atoms with van der Waals surface area (Å²) in [7, 11) is 0. The lowest BCUT2D eigenvalue weighted by molar-refractivity contribution is 0.207. The van der Waals surface area contributed by atoms with Gasteiger partial charge in [0.1, 0.15) is 11.5 Å². The summed E-state index contributed by atoms with van der Waals surface area (Å²) in [6.45, 7) is 5.99. The van der Waals surface area contributed by atoms with Gasteiger partial charge in [0.25, 0.3) is 0 Å². The number of aromatic nitrogens is 2. The summed E-state index contributed by atoms with van der Waals surface area (Å²) >= 11 is 0. The monoisotopic (exact) mass is 350 g/mol. The first-order valence-corrected chi connectivity index (χ1v) is 9.40. The zero-order valence-electron chi connectivity index (χ0n) is 15.3. The molecule has 1 saturated heterocycles. The Balaban J connectivity index is 1.38. The van der Waals surface area contributed by atoms with E-state index in [9.17, 15) is 0 Å². The highest BCUT2D eigenvalue weighted by molar-refractivity contribution is 5.30. The third-order valence-corrected chi connectivity index (χ3v) is 4.99. The average Bonchev–Trinajstić information content (AvgIpc) is 3.42. The molecule has 3 heterocycles. The number of aryl methyl sites for hydroxylation is 1. The van der Waals surface area contributed by atoms with Crippen LogP contribution < -0.4 is 5.32 Å². The number of likely N-dealkylation sites (tertiary alicyclic amines) is 1. The molecule has 1 aliphatic rings. The summed E-state index contributed by atoms with van der Waals surface area (Å²) in [6.07, 6.45) is 6.58. The predicted molar refractivity (Wildman–Crippen MR) is 102 cm³/mol. The smallest absolute Gasteiger partial charge is 0.122 e. The van der Waals surface area contributed by atoms with Gasteiger partial charge in [-0.05, 0) is 57.1 Å². The summed E-state index contributed by atoms with van der Waals surface area (Å²) in [5, 5.41) is 8.07. The van der Waals surface area contributed by atoms with Gasteiger partial charge in [-0.3, -0.25) is 4.90 Å². The zero-order valence-corrected chi connectivity index (χ0v) is 15.3. The van der Waals surface area contributed by atoms with E-state index in [1.807, 2.05) is 36.0 Å². The minimum atomic E-state index is 0.301. The van der Waals surface area contributed by atoms with Gasteiger partial charge in [0.15, 0.2) is 0 Å². The average molecular weight is 350 g/mol. The van der Waals surface area contributed by atoms with E-state index in [2.05, 4.69) is 45.8 Å². The van der Waals surface area contributed by atoms with Crippen molar-refractivity contribution < 1.29 is 4.42 Å². The second-order valence-electron chi connectivity index (χ2n) is 6.97. The molecule has 26 heavy (non-hydrogen) atoms. The van der Waals surface area contributed by atoms with Crippen molar-refractivity contribution in [2.24, 2.45) is 0 Å². The lowest BCUT2D eigenvalue weighted by Crippen LogP contribution is -2.33. The summed E-state index contributed by atoms with van der Waals surface area (Å²) in [5.74, 6) is 2.05. The highest BCUT2D eigenvalue weighted by Crippen LogP contribution is 2.26. The van der Waals surface area contributed by atoms with E-state index in [0.717, 1.165) is 43.4 Å². The molecule has 3 aromatic rings. The molecule has 0 spiro atoms. The topological polar surface area (TPSA) is 46.2 Å². The van der Waals surface area contributed by atoms with Crippen LogP contribution in [-0.4, -0.2) is 34.3 Å². The quantitative estimate of drug-likeness (QED) is 0.706. The molecule has 4 rings (SSSR count). The van der Waals surface area contributed by atoms with Crippen LogP contribution in [0.5, 0.6) is 0 Å². The lowest BCUT2D eigenvalue weighted by Gasteiger charge is -2.26. The number of nitrogens with one attached hydrogen (secondary N) is 1. The highest BCUT2D eigenvalue weighted by atomic mass is 16.3. The SMILES string of the molecule is Cc1ccc(C(CNCc2cnn(-c3ccccc3)c2)N2CCCC2)o1. The fraction of sp³-hybridized carbons (Fsp3) is 0.381. The van der Waals surface area contributed by atoms with Crippen LogP contribution in [0.1, 0.15) is 36.0 Å². The molecule has 1 N–H and O–H groups in total. The van der Waals surface area contributed by atoms with Crippen LogP contribution in [0, 0.1) is 6.92 Å². The molecule has 136 valence electrons. The summed E-state index contributed by atoms with van der Waals surface area (Å²) < 4.78 is 7.85. The van der Waals surface area contributed by atoms with Crippen molar-refractivity contribution >= 4 is 0 Å². The largest absolute Gasteiger partial charge is 0.465 e. The van der Waals surface area contributed by atoms with Crippen LogP contribution in [0.4, 0.5) is 0 Å². The van der Waals surface area contributed by atoms with Gasteiger partial charge in [0.2, 0.25) is 0 Å². The van der Waals surface area contributed by atoms with Crippen LogP contribution in [0.15, 0.2) is 59.3 Å². The Morgan fingerprint density at radius 2 is 1.92 bits per heavy atom. The molecule has 1 aromatic carbocycles. The standard InChI is InChI=1S/C21H26N4O/c1-17-9-10-21(26-17)20(24-11-5-6-12-24)15-22-13-18-14-23-25(16-18)19-7-3-2-4-8-19/h2-4,7-10,14,16,20,22H,5-6,11-13,15H2,1H3. The number of furan rings is 1. The Morgan fingerprint density at radius 1 is 1.12 bits per heavy atom. The fourth-order valence-electron chi connectivity index (χ4n) is 3.62. The molecule has 0 bridgehead atoms. The number of benzene rings is 1. The summed E-state index contributed by atoms with van der Waals surface area (Å²) in [4.78, 5) is 2.53. The van der Waals surface area contributed by atoms with Crippen LogP contribution >= 0.6 is 0 Å². The van der Waals surface area contributed by atoms with Gasteiger partial charge in [-0.2, -0.15) is 5.10 Å². The molecule has 0 saturated carbocycles. The predicted octanol–water partition coefficient (Wildman–Crippen LogP) is 3.70. The minimum Gasteiger partial charge on any atom is -0.465 e. The first-order chi connectivity index (χ1) is 12.8. The number of rotatable bonds is 7. The first-order valence-electron chi connectivity index (χ1n) is 9.40. The number of nitrogens with zero attached hydrogens (tertiary/aromatic N) is 3. The Morgan fingerprint density at radius 3 is 2.65 bits per heavy atom. The summed E-state index contributed by atoms with van der Waals surface area (Å²) in [6, 6.07) is 14.7. The summed E-state index contributed by atoms with van der Waals surface area (Å²) in [5.41, 5.74) is 2.27. The van der Waals surface area contributed by atoms with E-state index in [0.29, 0.717) is 6.04 Å². The second kappa shape index (κ2) is 7.89. The Bertz CT molecular complexity index is 817. The van der Waals surface area contributed by atoms with Gasteiger partial charge in [0, 0.05) is 24.8 Å². The van der Waals surface area contributed by atoms with Gasteiger partial charge in [-0.1, -0.05) is 18.2 Å². The maximum Gasteiger partial charge on any atom is 0.122 e. The maximum absolute atomic E-state index is 5.92. The van der Waals surface area contributed by atoms with Gasteiger partial charge in [0.05, 0.1) is 17.9 Å². The van der Waals surface area contributed by atoms with Gasteiger partial charge in [-0.15, -0.1) is 0 Å². The van der Waals surface area contributed by atoms with Crippen molar-refractivity contribution in [2.45, 2.75) is 32.4 Å². The maximum atomic E-state index is 5.92. The van der Waals surface area contributed by atoms with E-state index < -0.39 is 0 Å². The van der Waals surface area contributed by atoms with Crippen LogP contribution in [0.3, 0.4) is 0 Å². The van der Waals surface area contributed by atoms with Gasteiger partial charge >= 0.3 is 0 Å². The molecule has 1 unspecified atom stereocenters. The third kappa shape index (κ3) is 3.89. The lowest BCUT2D eigenvalue weighted by atomic mass is 10.2. The normalized spacial score (nSPS) is 16.2. The van der Waals surface area contributed by atoms with E-state index in [-0.39, 0.29) is 0 Å². The van der Waals surface area contributed by atoms with Crippen molar-refractivity contribution in [1.29, 1.82) is 0 Å². The van der Waals surface area contributed by atoms with E-state index in [4.69, 9.17) is 4.42 Å². The molecule has 0 aliphatic carbocycles. The molecule has 1 aliphatic heterocycles. The van der Waals surface area contributed by atoms with Crippen molar-refractivity contribution in [2.75, 3.05) is 19.6 Å². The van der Waals surface area contributed by atoms with Crippen molar-refractivity contribution in [3.63, 3.8) is 0 Å². The van der Waals surface area contributed by atoms with E-state index in [1.54, 1.807) is 0 Å². The van der Waals surface area contributed by atoms with Crippen molar-refractivity contribution in [1.82, 2.24) is 20.0 Å². The minimum absolute atomic E-state index is 0.301. The first kappa shape index (κ1) is 17.1. The molecule has 1 fully saturated rings. The number of hydrogen-bond acceptors (Lipinski definition) is 4. The third-order valence-electron chi connectivity index (χ3n) is 4.99. The van der Waals surface area contributed by atoms with Crippen LogP contribution in [0.25, 0.3) is 5.69 Å². The van der Waals surface area contributed by atoms with Crippen molar-refractivity contribution in [3.8, 4) is 5.69 Å². The fourth-order valence-corrected chi connectivity index (χ4v) is 3.62. The molecule has 0 radical (unpaired) electrons. The highest BCUT2D eigenvalue weighted by Gasteiger charge is 2.25. The van der Waals surface area contributed by atoms with Gasteiger partial charge < -0.3 is 9.73 Å². The molecule has 2 aromatic heterocycles. The Kier molecular flexibility index (Phi) is 5.18. The van der Waals surface area contributed by atoms with E-state index >= 15 is 0 Å². The molecular formula is C21H26N4O. The van der Waals surface area contributed by atoms with Gasteiger partial charge in [-0.25, -0.2) is 4.68 Å². The van der Waals surface area contributed by atoms with Crippen LogP contribution in [0.2, 0.25) is 0 Å². The molecule has 5 nitrogen and oxygen atoms in total. The number of hydrogen-bond donors (Lipinski definition) is 1. The Hall–Kier alpha value is -2.37. The van der Waals surface area contributed by atoms with Crippen molar-refractivity contribution in [3.05, 3.63) is 71.9 Å². The molecule has 5 heteroatoms.